The van der Waals surface area contributed by atoms with E-state index in [4.69, 9.17) is 0 Å². The van der Waals surface area contributed by atoms with Gasteiger partial charge in [-0.3, -0.25) is 0 Å². The van der Waals surface area contributed by atoms with E-state index in [1.807, 2.05) is 51.1 Å². The zero-order valence-corrected chi connectivity index (χ0v) is 22.2. The van der Waals surface area contributed by atoms with Crippen molar-refractivity contribution in [2.24, 2.45) is 0 Å². The molecule has 0 saturated carbocycles. The number of aromatic hydroxyl groups is 3. The fourth-order valence-corrected chi connectivity index (χ4v) is 4.66. The first-order valence-corrected chi connectivity index (χ1v) is 12.0. The molecule has 0 aliphatic carbocycles. The van der Waals surface area contributed by atoms with Crippen LogP contribution in [0.4, 0.5) is 0 Å². The van der Waals surface area contributed by atoms with Gasteiger partial charge in [0.1, 0.15) is 17.2 Å². The minimum Gasteiger partial charge on any atom is -0.508 e. The van der Waals surface area contributed by atoms with Gasteiger partial charge in [0.2, 0.25) is 0 Å². The van der Waals surface area contributed by atoms with Crippen molar-refractivity contribution in [3.8, 4) is 17.2 Å². The molecule has 0 unspecified atom stereocenters. The lowest BCUT2D eigenvalue weighted by Gasteiger charge is -2.24. The Balaban J connectivity index is 1.98. The maximum absolute atomic E-state index is 11.0. The van der Waals surface area contributed by atoms with Gasteiger partial charge in [0.25, 0.3) is 0 Å². The number of hydrogen-bond acceptors (Lipinski definition) is 3. The molecular weight excluding hydrogens is 420 g/mol. The summed E-state index contributed by atoms with van der Waals surface area (Å²) >= 11 is 0. The molecule has 0 amide bonds. The first kappa shape index (κ1) is 25.7. The maximum atomic E-state index is 11.0. The topological polar surface area (TPSA) is 60.7 Å². The van der Waals surface area contributed by atoms with Crippen molar-refractivity contribution in [3.63, 3.8) is 0 Å². The Morgan fingerprint density at radius 2 is 0.941 bits per heavy atom. The standard InChI is InChI=1S/C31H40O3/c1-18-10-23(28(33)25(12-18)30(4,5)6)15-21-17-27(32)22(14-20(21)3)16-24-11-19(2)13-26(29(24)34)31(7,8)9/h10-14,17,32-34H,15-16H2,1-9H3. The highest BCUT2D eigenvalue weighted by molar-refractivity contribution is 5.53. The molecule has 3 nitrogen and oxygen atoms in total. The monoisotopic (exact) mass is 460 g/mol. The van der Waals surface area contributed by atoms with E-state index < -0.39 is 0 Å². The molecule has 0 saturated heterocycles. The van der Waals surface area contributed by atoms with Crippen LogP contribution in [0.1, 0.15) is 91.6 Å². The van der Waals surface area contributed by atoms with Gasteiger partial charge in [-0.2, -0.15) is 0 Å². The highest BCUT2D eigenvalue weighted by Crippen LogP contribution is 2.38. The van der Waals surface area contributed by atoms with Crippen LogP contribution < -0.4 is 0 Å². The normalized spacial score (nSPS) is 12.3. The van der Waals surface area contributed by atoms with E-state index in [-0.39, 0.29) is 16.6 Å². The van der Waals surface area contributed by atoms with Gasteiger partial charge in [0, 0.05) is 12.8 Å². The molecule has 0 heterocycles. The second kappa shape index (κ2) is 9.02. The van der Waals surface area contributed by atoms with Gasteiger partial charge >= 0.3 is 0 Å². The summed E-state index contributed by atoms with van der Waals surface area (Å²) in [6, 6.07) is 11.9. The van der Waals surface area contributed by atoms with E-state index in [2.05, 4.69) is 41.5 Å². The van der Waals surface area contributed by atoms with Crippen LogP contribution in [0.2, 0.25) is 0 Å². The van der Waals surface area contributed by atoms with Crippen molar-refractivity contribution in [1.82, 2.24) is 0 Å². The van der Waals surface area contributed by atoms with Crippen LogP contribution in [0.15, 0.2) is 36.4 Å². The van der Waals surface area contributed by atoms with E-state index in [0.717, 1.165) is 50.1 Å². The van der Waals surface area contributed by atoms with Crippen LogP contribution >= 0.6 is 0 Å². The van der Waals surface area contributed by atoms with E-state index in [9.17, 15) is 15.3 Å². The zero-order valence-electron chi connectivity index (χ0n) is 22.2. The maximum Gasteiger partial charge on any atom is 0.122 e. The average molecular weight is 461 g/mol. The zero-order chi connectivity index (χ0) is 25.6. The number of phenols is 3. The van der Waals surface area contributed by atoms with Crippen LogP contribution in [-0.2, 0) is 23.7 Å². The Morgan fingerprint density at radius 1 is 0.529 bits per heavy atom. The quantitative estimate of drug-likeness (QED) is 0.378. The lowest BCUT2D eigenvalue weighted by atomic mass is 9.82. The van der Waals surface area contributed by atoms with Crippen molar-refractivity contribution < 1.29 is 15.3 Å². The Bertz CT molecular complexity index is 1120. The molecule has 0 atom stereocenters. The van der Waals surface area contributed by atoms with E-state index in [0.29, 0.717) is 24.3 Å². The van der Waals surface area contributed by atoms with Crippen LogP contribution in [0.3, 0.4) is 0 Å². The van der Waals surface area contributed by atoms with Crippen LogP contribution in [0.25, 0.3) is 0 Å². The summed E-state index contributed by atoms with van der Waals surface area (Å²) in [4.78, 5) is 0. The van der Waals surface area contributed by atoms with Gasteiger partial charge in [0.15, 0.2) is 0 Å². The molecule has 34 heavy (non-hydrogen) atoms. The summed E-state index contributed by atoms with van der Waals surface area (Å²) in [5.74, 6) is 0.848. The number of aryl methyl sites for hydroxylation is 3. The molecule has 0 aliphatic rings. The first-order valence-electron chi connectivity index (χ1n) is 12.0. The molecule has 3 aromatic carbocycles. The average Bonchev–Trinajstić information content (AvgIpc) is 2.68. The summed E-state index contributed by atoms with van der Waals surface area (Å²) in [6.07, 6.45) is 0.994. The van der Waals surface area contributed by atoms with Gasteiger partial charge in [0.05, 0.1) is 0 Å². The molecule has 182 valence electrons. The van der Waals surface area contributed by atoms with Crippen molar-refractivity contribution >= 4 is 0 Å². The number of phenolic OH excluding ortho intramolecular Hbond substituents is 3. The summed E-state index contributed by atoms with van der Waals surface area (Å²) in [7, 11) is 0. The number of rotatable bonds is 4. The fourth-order valence-electron chi connectivity index (χ4n) is 4.66. The second-order valence-electron chi connectivity index (χ2n) is 11.9. The molecule has 0 bridgehead atoms. The van der Waals surface area contributed by atoms with Gasteiger partial charge in [-0.25, -0.2) is 0 Å². The molecule has 0 fully saturated rings. The van der Waals surface area contributed by atoms with E-state index >= 15 is 0 Å². The first-order chi connectivity index (χ1) is 15.6. The molecule has 0 aromatic heterocycles. The van der Waals surface area contributed by atoms with E-state index in [1.54, 1.807) is 6.07 Å². The van der Waals surface area contributed by atoms with Crippen LogP contribution in [0.5, 0.6) is 17.2 Å². The Morgan fingerprint density at radius 3 is 1.35 bits per heavy atom. The summed E-state index contributed by atoms with van der Waals surface area (Å²) in [5, 5.41) is 32.8. The SMILES string of the molecule is Cc1cc(Cc2cc(O)c(Cc3cc(C)cc(C(C)(C)C)c3O)cc2C)c(O)c(C(C)(C)C)c1. The molecular formula is C31H40O3. The Hall–Kier alpha value is -2.94. The Labute approximate surface area is 205 Å². The molecule has 3 heteroatoms. The fraction of sp³-hybridized carbons (Fsp3) is 0.419. The minimum absolute atomic E-state index is 0.159. The number of benzene rings is 3. The minimum atomic E-state index is -0.172. The molecule has 0 radical (unpaired) electrons. The second-order valence-corrected chi connectivity index (χ2v) is 11.9. The molecule has 0 spiro atoms. The highest BCUT2D eigenvalue weighted by atomic mass is 16.3. The van der Waals surface area contributed by atoms with Gasteiger partial charge in [-0.1, -0.05) is 83.0 Å². The predicted molar refractivity (Wildman–Crippen MR) is 142 cm³/mol. The number of hydrogen-bond donors (Lipinski definition) is 3. The van der Waals surface area contributed by atoms with Gasteiger partial charge in [-0.05, 0) is 76.6 Å². The largest absolute Gasteiger partial charge is 0.508 e. The highest BCUT2D eigenvalue weighted by Gasteiger charge is 2.23. The third-order valence-corrected chi connectivity index (χ3v) is 6.58. The lowest BCUT2D eigenvalue weighted by Crippen LogP contribution is -2.13. The van der Waals surface area contributed by atoms with Crippen molar-refractivity contribution in [2.45, 2.75) is 86.0 Å². The molecule has 3 aromatic rings. The van der Waals surface area contributed by atoms with Crippen molar-refractivity contribution in [3.05, 3.63) is 86.5 Å². The van der Waals surface area contributed by atoms with Gasteiger partial charge < -0.3 is 15.3 Å². The van der Waals surface area contributed by atoms with E-state index in [1.165, 1.54) is 0 Å². The predicted octanol–water partition coefficient (Wildman–Crippen LogP) is 7.51. The summed E-state index contributed by atoms with van der Waals surface area (Å²) in [6.45, 7) is 18.7. The summed E-state index contributed by atoms with van der Waals surface area (Å²) in [5.41, 5.74) is 8.22. The van der Waals surface area contributed by atoms with Crippen molar-refractivity contribution in [1.29, 1.82) is 0 Å². The molecule has 3 N–H and O–H groups in total. The van der Waals surface area contributed by atoms with Gasteiger partial charge in [-0.15, -0.1) is 0 Å². The third-order valence-electron chi connectivity index (χ3n) is 6.58. The summed E-state index contributed by atoms with van der Waals surface area (Å²) < 4.78 is 0. The van der Waals surface area contributed by atoms with Crippen LogP contribution in [0, 0.1) is 20.8 Å². The molecule has 3 rings (SSSR count). The Kier molecular flexibility index (Phi) is 6.81. The molecule has 0 aliphatic heterocycles. The smallest absolute Gasteiger partial charge is 0.122 e. The van der Waals surface area contributed by atoms with Crippen molar-refractivity contribution in [2.75, 3.05) is 0 Å². The third kappa shape index (κ3) is 5.41. The lowest BCUT2D eigenvalue weighted by molar-refractivity contribution is 0.439. The van der Waals surface area contributed by atoms with Crippen LogP contribution in [-0.4, -0.2) is 15.3 Å².